The second kappa shape index (κ2) is 6.80. The second-order valence-corrected chi connectivity index (χ2v) is 5.24. The summed E-state index contributed by atoms with van der Waals surface area (Å²) >= 11 is 0. The van der Waals surface area contributed by atoms with Crippen LogP contribution in [0.4, 0.5) is 0 Å². The van der Waals surface area contributed by atoms with E-state index < -0.39 is 0 Å². The summed E-state index contributed by atoms with van der Waals surface area (Å²) in [5.41, 5.74) is 3.19. The molecule has 94 valence electrons. The molecule has 1 heteroatoms. The van der Waals surface area contributed by atoms with Crippen LogP contribution in [0.5, 0.6) is 0 Å². The Hall–Kier alpha value is -0.820. The van der Waals surface area contributed by atoms with Crippen LogP contribution in [0.3, 0.4) is 0 Å². The van der Waals surface area contributed by atoms with E-state index in [-0.39, 0.29) is 0 Å². The summed E-state index contributed by atoms with van der Waals surface area (Å²) < 4.78 is 0. The van der Waals surface area contributed by atoms with Gasteiger partial charge in [-0.15, -0.1) is 0 Å². The molecule has 0 saturated heterocycles. The molecule has 0 spiro atoms. The average molecular weight is 231 g/mol. The maximum Gasteiger partial charge on any atom is -0.00113 e. The van der Waals surface area contributed by atoms with E-state index in [0.717, 1.165) is 12.5 Å². The van der Waals surface area contributed by atoms with Gasteiger partial charge in [0.25, 0.3) is 0 Å². The highest BCUT2D eigenvalue weighted by Crippen LogP contribution is 2.33. The lowest BCUT2D eigenvalue weighted by atomic mass is 9.87. The molecule has 0 bridgehead atoms. The summed E-state index contributed by atoms with van der Waals surface area (Å²) in [5.74, 6) is 0.825. The molecule has 0 atom stereocenters. The van der Waals surface area contributed by atoms with Crippen LogP contribution in [-0.4, -0.2) is 13.6 Å². The SMILES string of the molecule is CNCCc1ccccc1C1CCCCCC1. The number of hydrogen-bond donors (Lipinski definition) is 1. The third-order valence-corrected chi connectivity index (χ3v) is 3.99. The van der Waals surface area contributed by atoms with Crippen LogP contribution in [0, 0.1) is 0 Å². The molecule has 0 aliphatic heterocycles. The Balaban J connectivity index is 2.11. The van der Waals surface area contributed by atoms with Crippen molar-refractivity contribution in [3.8, 4) is 0 Å². The first-order chi connectivity index (χ1) is 8.42. The highest BCUT2D eigenvalue weighted by Gasteiger charge is 2.16. The molecule has 1 aliphatic carbocycles. The van der Waals surface area contributed by atoms with Crippen LogP contribution in [0.15, 0.2) is 24.3 Å². The Bertz CT molecular complexity index is 324. The average Bonchev–Trinajstić information content (AvgIpc) is 2.65. The molecule has 1 saturated carbocycles. The van der Waals surface area contributed by atoms with Gasteiger partial charge in [-0.05, 0) is 49.9 Å². The van der Waals surface area contributed by atoms with E-state index in [1.807, 2.05) is 7.05 Å². The van der Waals surface area contributed by atoms with E-state index >= 15 is 0 Å². The van der Waals surface area contributed by atoms with Gasteiger partial charge in [-0.25, -0.2) is 0 Å². The van der Waals surface area contributed by atoms with Crippen molar-refractivity contribution in [1.29, 1.82) is 0 Å². The summed E-state index contributed by atoms with van der Waals surface area (Å²) in [6, 6.07) is 9.08. The lowest BCUT2D eigenvalue weighted by Crippen LogP contribution is -2.12. The van der Waals surface area contributed by atoms with Gasteiger partial charge in [0.05, 0.1) is 0 Å². The molecule has 0 aromatic heterocycles. The molecule has 2 rings (SSSR count). The van der Waals surface area contributed by atoms with Gasteiger partial charge >= 0.3 is 0 Å². The zero-order chi connectivity index (χ0) is 11.9. The Labute approximate surface area is 106 Å². The van der Waals surface area contributed by atoms with Crippen LogP contribution in [0.1, 0.15) is 55.6 Å². The zero-order valence-corrected chi connectivity index (χ0v) is 11.0. The second-order valence-electron chi connectivity index (χ2n) is 5.24. The van der Waals surface area contributed by atoms with Gasteiger partial charge in [-0.1, -0.05) is 49.9 Å². The van der Waals surface area contributed by atoms with Gasteiger partial charge in [0.1, 0.15) is 0 Å². The topological polar surface area (TPSA) is 12.0 Å². The third kappa shape index (κ3) is 3.57. The van der Waals surface area contributed by atoms with E-state index in [1.165, 1.54) is 44.9 Å². The van der Waals surface area contributed by atoms with Crippen molar-refractivity contribution in [3.05, 3.63) is 35.4 Å². The van der Waals surface area contributed by atoms with Crippen LogP contribution in [0.2, 0.25) is 0 Å². The van der Waals surface area contributed by atoms with Gasteiger partial charge < -0.3 is 5.32 Å². The van der Waals surface area contributed by atoms with E-state index in [1.54, 1.807) is 11.1 Å². The fourth-order valence-corrected chi connectivity index (χ4v) is 3.01. The predicted molar refractivity (Wildman–Crippen MR) is 74.5 cm³/mol. The number of nitrogens with one attached hydrogen (secondary N) is 1. The van der Waals surface area contributed by atoms with Crippen molar-refractivity contribution < 1.29 is 0 Å². The van der Waals surface area contributed by atoms with Crippen molar-refractivity contribution in [3.63, 3.8) is 0 Å². The molecule has 0 radical (unpaired) electrons. The maximum absolute atomic E-state index is 3.26. The minimum atomic E-state index is 0.825. The molecular formula is C16H25N. The predicted octanol–water partition coefficient (Wildman–Crippen LogP) is 3.89. The van der Waals surface area contributed by atoms with Gasteiger partial charge in [-0.3, -0.25) is 0 Å². The first-order valence-corrected chi connectivity index (χ1v) is 7.14. The Morgan fingerprint density at radius 1 is 1.06 bits per heavy atom. The van der Waals surface area contributed by atoms with Crippen molar-refractivity contribution >= 4 is 0 Å². The molecule has 1 aromatic rings. The molecule has 1 aromatic carbocycles. The molecule has 1 aliphatic rings. The number of rotatable bonds is 4. The first kappa shape index (κ1) is 12.6. The largest absolute Gasteiger partial charge is 0.319 e. The normalized spacial score (nSPS) is 17.9. The van der Waals surface area contributed by atoms with Crippen LogP contribution in [0.25, 0.3) is 0 Å². The van der Waals surface area contributed by atoms with E-state index in [4.69, 9.17) is 0 Å². The fourth-order valence-electron chi connectivity index (χ4n) is 3.01. The van der Waals surface area contributed by atoms with Gasteiger partial charge in [0.2, 0.25) is 0 Å². The Morgan fingerprint density at radius 3 is 2.47 bits per heavy atom. The summed E-state index contributed by atoms with van der Waals surface area (Å²) in [4.78, 5) is 0. The van der Waals surface area contributed by atoms with E-state index in [0.29, 0.717) is 0 Å². The fraction of sp³-hybridized carbons (Fsp3) is 0.625. The summed E-state index contributed by atoms with van der Waals surface area (Å²) in [7, 11) is 2.04. The highest BCUT2D eigenvalue weighted by atomic mass is 14.8. The van der Waals surface area contributed by atoms with Crippen molar-refractivity contribution in [2.75, 3.05) is 13.6 Å². The smallest absolute Gasteiger partial charge is 0.00113 e. The van der Waals surface area contributed by atoms with E-state index in [9.17, 15) is 0 Å². The molecule has 0 heterocycles. The quantitative estimate of drug-likeness (QED) is 0.775. The lowest BCUT2D eigenvalue weighted by Gasteiger charge is -2.18. The molecule has 0 unspecified atom stereocenters. The monoisotopic (exact) mass is 231 g/mol. The van der Waals surface area contributed by atoms with Crippen molar-refractivity contribution in [2.24, 2.45) is 0 Å². The lowest BCUT2D eigenvalue weighted by molar-refractivity contribution is 0.585. The first-order valence-electron chi connectivity index (χ1n) is 7.14. The Kier molecular flexibility index (Phi) is 5.06. The summed E-state index contributed by atoms with van der Waals surface area (Å²) in [6.45, 7) is 1.09. The number of benzene rings is 1. The minimum Gasteiger partial charge on any atom is -0.319 e. The molecule has 0 amide bonds. The highest BCUT2D eigenvalue weighted by molar-refractivity contribution is 5.31. The summed E-state index contributed by atoms with van der Waals surface area (Å²) in [5, 5.41) is 3.26. The maximum atomic E-state index is 3.26. The third-order valence-electron chi connectivity index (χ3n) is 3.99. The standard InChI is InChI=1S/C16H25N/c1-17-13-12-15-10-6-7-11-16(15)14-8-4-2-3-5-9-14/h6-7,10-11,14,17H,2-5,8-9,12-13H2,1H3. The van der Waals surface area contributed by atoms with Crippen LogP contribution >= 0.6 is 0 Å². The molecule has 17 heavy (non-hydrogen) atoms. The Morgan fingerprint density at radius 2 is 1.76 bits per heavy atom. The van der Waals surface area contributed by atoms with Gasteiger partial charge in [0.15, 0.2) is 0 Å². The van der Waals surface area contributed by atoms with Gasteiger partial charge in [-0.2, -0.15) is 0 Å². The molecule has 1 fully saturated rings. The van der Waals surface area contributed by atoms with Crippen molar-refractivity contribution in [1.82, 2.24) is 5.32 Å². The van der Waals surface area contributed by atoms with Crippen LogP contribution < -0.4 is 5.32 Å². The van der Waals surface area contributed by atoms with Crippen molar-refractivity contribution in [2.45, 2.75) is 50.9 Å². The number of hydrogen-bond acceptors (Lipinski definition) is 1. The zero-order valence-electron chi connectivity index (χ0n) is 11.0. The molecular weight excluding hydrogens is 206 g/mol. The minimum absolute atomic E-state index is 0.825. The molecule has 1 N–H and O–H groups in total. The molecule has 1 nitrogen and oxygen atoms in total. The summed E-state index contributed by atoms with van der Waals surface area (Å²) in [6.07, 6.45) is 9.69. The van der Waals surface area contributed by atoms with E-state index in [2.05, 4.69) is 29.6 Å². The van der Waals surface area contributed by atoms with Gasteiger partial charge in [0, 0.05) is 0 Å². The number of likely N-dealkylation sites (N-methyl/N-ethyl adjacent to an activating group) is 1. The van der Waals surface area contributed by atoms with Crippen LogP contribution in [-0.2, 0) is 6.42 Å².